The fraction of sp³-hybridized carbons (Fsp3) is 1.00. The Balaban J connectivity index is 2.42. The fourth-order valence-electron chi connectivity index (χ4n) is 1.85. The molecule has 90 valence electrons. The molecular formula is C10H22N2O2S. The van der Waals surface area contributed by atoms with E-state index in [1.165, 1.54) is 0 Å². The second kappa shape index (κ2) is 5.82. The molecule has 5 heteroatoms. The van der Waals surface area contributed by atoms with Gasteiger partial charge >= 0.3 is 0 Å². The summed E-state index contributed by atoms with van der Waals surface area (Å²) in [6, 6.07) is 0.180. The predicted molar refractivity (Wildman–Crippen MR) is 62.3 cm³/mol. The molecule has 15 heavy (non-hydrogen) atoms. The van der Waals surface area contributed by atoms with E-state index in [-0.39, 0.29) is 11.3 Å². The van der Waals surface area contributed by atoms with Gasteiger partial charge in [0.1, 0.15) is 0 Å². The number of rotatable bonds is 6. The molecule has 0 radical (unpaired) electrons. The molecule has 1 atom stereocenters. The van der Waals surface area contributed by atoms with Crippen LogP contribution in [0.25, 0.3) is 0 Å². The molecule has 0 amide bonds. The van der Waals surface area contributed by atoms with Crippen LogP contribution in [0.5, 0.6) is 0 Å². The maximum absolute atomic E-state index is 11.8. The molecule has 2 N–H and O–H groups in total. The van der Waals surface area contributed by atoms with Crippen molar-refractivity contribution in [3.8, 4) is 0 Å². The minimum atomic E-state index is -3.13. The first-order valence-electron chi connectivity index (χ1n) is 5.78. The first kappa shape index (κ1) is 12.9. The van der Waals surface area contributed by atoms with E-state index in [0.29, 0.717) is 6.54 Å². The van der Waals surface area contributed by atoms with E-state index in [9.17, 15) is 8.42 Å². The summed E-state index contributed by atoms with van der Waals surface area (Å²) in [5.74, 6) is 0. The summed E-state index contributed by atoms with van der Waals surface area (Å²) in [6.07, 6.45) is 4.28. The second-order valence-electron chi connectivity index (χ2n) is 4.26. The van der Waals surface area contributed by atoms with E-state index >= 15 is 0 Å². The molecule has 4 nitrogen and oxygen atoms in total. The van der Waals surface area contributed by atoms with Crippen LogP contribution in [-0.2, 0) is 10.0 Å². The zero-order valence-corrected chi connectivity index (χ0v) is 10.4. The van der Waals surface area contributed by atoms with Gasteiger partial charge in [-0.05, 0) is 26.3 Å². The van der Waals surface area contributed by atoms with Crippen LogP contribution in [0.3, 0.4) is 0 Å². The monoisotopic (exact) mass is 234 g/mol. The number of hydrogen-bond acceptors (Lipinski definition) is 3. The van der Waals surface area contributed by atoms with Crippen molar-refractivity contribution in [2.45, 2.75) is 50.8 Å². The lowest BCUT2D eigenvalue weighted by Gasteiger charge is -2.17. The predicted octanol–water partition coefficient (Wildman–Crippen LogP) is 0.846. The van der Waals surface area contributed by atoms with Crippen LogP contribution in [0, 0.1) is 0 Å². The van der Waals surface area contributed by atoms with Gasteiger partial charge in [0, 0.05) is 12.6 Å². The quantitative estimate of drug-likeness (QED) is 0.716. The highest BCUT2D eigenvalue weighted by Crippen LogP contribution is 2.19. The molecule has 0 aromatic carbocycles. The van der Waals surface area contributed by atoms with Gasteiger partial charge in [0.25, 0.3) is 0 Å². The summed E-state index contributed by atoms with van der Waals surface area (Å²) >= 11 is 0. The summed E-state index contributed by atoms with van der Waals surface area (Å²) in [7, 11) is -3.13. The van der Waals surface area contributed by atoms with Crippen LogP contribution >= 0.6 is 0 Å². The molecule has 0 aliphatic heterocycles. The van der Waals surface area contributed by atoms with Crippen LogP contribution in [0.1, 0.15) is 39.5 Å². The maximum Gasteiger partial charge on any atom is 0.215 e. The van der Waals surface area contributed by atoms with Crippen LogP contribution in [0.15, 0.2) is 0 Å². The third-order valence-corrected chi connectivity index (χ3v) is 4.79. The van der Waals surface area contributed by atoms with Gasteiger partial charge < -0.3 is 5.32 Å². The van der Waals surface area contributed by atoms with E-state index in [2.05, 4.69) is 10.0 Å². The number of sulfonamides is 1. The highest BCUT2D eigenvalue weighted by atomic mass is 32.2. The minimum Gasteiger partial charge on any atom is -0.316 e. The van der Waals surface area contributed by atoms with Crippen LogP contribution in [0.4, 0.5) is 0 Å². The summed E-state index contributed by atoms with van der Waals surface area (Å²) in [5.41, 5.74) is 0. The molecule has 0 heterocycles. The lowest BCUT2D eigenvalue weighted by atomic mass is 10.3. The first-order valence-corrected chi connectivity index (χ1v) is 7.32. The average Bonchev–Trinajstić information content (AvgIpc) is 2.65. The summed E-state index contributed by atoms with van der Waals surface area (Å²) < 4.78 is 26.5. The maximum atomic E-state index is 11.8. The smallest absolute Gasteiger partial charge is 0.215 e. The van der Waals surface area contributed by atoms with E-state index < -0.39 is 10.0 Å². The zero-order chi connectivity index (χ0) is 11.3. The van der Waals surface area contributed by atoms with Gasteiger partial charge in [0.05, 0.1) is 5.25 Å². The SMILES string of the molecule is CCNCC(C)S(=O)(=O)NC1CCCC1. The molecule has 0 saturated heterocycles. The van der Waals surface area contributed by atoms with Gasteiger partial charge in [-0.1, -0.05) is 19.8 Å². The molecule has 1 fully saturated rings. The van der Waals surface area contributed by atoms with Crippen molar-refractivity contribution in [2.24, 2.45) is 0 Å². The van der Waals surface area contributed by atoms with Crippen molar-refractivity contribution in [3.63, 3.8) is 0 Å². The Morgan fingerprint density at radius 2 is 1.93 bits per heavy atom. The van der Waals surface area contributed by atoms with Gasteiger partial charge in [-0.3, -0.25) is 0 Å². The Morgan fingerprint density at radius 1 is 1.33 bits per heavy atom. The van der Waals surface area contributed by atoms with Gasteiger partial charge in [-0.15, -0.1) is 0 Å². The summed E-state index contributed by atoms with van der Waals surface area (Å²) in [5, 5.41) is 2.71. The zero-order valence-electron chi connectivity index (χ0n) is 9.62. The topological polar surface area (TPSA) is 58.2 Å². The standard InChI is InChI=1S/C10H22N2O2S/c1-3-11-8-9(2)15(13,14)12-10-6-4-5-7-10/h9-12H,3-8H2,1-2H3. The highest BCUT2D eigenvalue weighted by molar-refractivity contribution is 7.90. The van der Waals surface area contributed by atoms with Crippen molar-refractivity contribution in [1.82, 2.24) is 10.0 Å². The summed E-state index contributed by atoms with van der Waals surface area (Å²) in [4.78, 5) is 0. The van der Waals surface area contributed by atoms with E-state index in [0.717, 1.165) is 32.2 Å². The fourth-order valence-corrected chi connectivity index (χ4v) is 3.12. The normalized spacial score (nSPS) is 20.7. The van der Waals surface area contributed by atoms with Gasteiger partial charge in [0.2, 0.25) is 10.0 Å². The molecule has 0 bridgehead atoms. The number of nitrogens with one attached hydrogen (secondary N) is 2. The molecule has 1 aliphatic rings. The van der Waals surface area contributed by atoms with Gasteiger partial charge in [-0.2, -0.15) is 0 Å². The average molecular weight is 234 g/mol. The van der Waals surface area contributed by atoms with E-state index in [1.54, 1.807) is 6.92 Å². The van der Waals surface area contributed by atoms with Crippen molar-refractivity contribution >= 4 is 10.0 Å². The second-order valence-corrected chi connectivity index (χ2v) is 6.39. The third kappa shape index (κ3) is 4.09. The Bertz CT molecular complexity index is 271. The van der Waals surface area contributed by atoms with Gasteiger partial charge in [0.15, 0.2) is 0 Å². The van der Waals surface area contributed by atoms with Crippen molar-refractivity contribution in [3.05, 3.63) is 0 Å². The van der Waals surface area contributed by atoms with E-state index in [4.69, 9.17) is 0 Å². The minimum absolute atomic E-state index is 0.180. The molecule has 1 saturated carbocycles. The molecular weight excluding hydrogens is 212 g/mol. The van der Waals surface area contributed by atoms with Gasteiger partial charge in [-0.25, -0.2) is 13.1 Å². The van der Waals surface area contributed by atoms with Crippen molar-refractivity contribution < 1.29 is 8.42 Å². The Labute approximate surface area is 92.9 Å². The Kier molecular flexibility index (Phi) is 5.02. The first-order chi connectivity index (χ1) is 7.06. The molecule has 1 aliphatic carbocycles. The van der Waals surface area contributed by atoms with Crippen LogP contribution < -0.4 is 10.0 Å². The lowest BCUT2D eigenvalue weighted by molar-refractivity contribution is 0.535. The molecule has 1 rings (SSSR count). The summed E-state index contributed by atoms with van der Waals surface area (Å²) in [6.45, 7) is 5.06. The van der Waals surface area contributed by atoms with Crippen LogP contribution in [0.2, 0.25) is 0 Å². The van der Waals surface area contributed by atoms with E-state index in [1.807, 2.05) is 6.92 Å². The third-order valence-electron chi connectivity index (χ3n) is 2.90. The lowest BCUT2D eigenvalue weighted by Crippen LogP contribution is -2.42. The molecule has 0 aromatic rings. The largest absolute Gasteiger partial charge is 0.316 e. The Morgan fingerprint density at radius 3 is 2.47 bits per heavy atom. The van der Waals surface area contributed by atoms with Crippen molar-refractivity contribution in [1.29, 1.82) is 0 Å². The highest BCUT2D eigenvalue weighted by Gasteiger charge is 2.25. The molecule has 1 unspecified atom stereocenters. The number of hydrogen-bond donors (Lipinski definition) is 2. The Hall–Kier alpha value is -0.130. The molecule has 0 aromatic heterocycles. The van der Waals surface area contributed by atoms with Crippen LogP contribution in [-0.4, -0.2) is 32.8 Å². The van der Waals surface area contributed by atoms with Crippen molar-refractivity contribution in [2.75, 3.05) is 13.1 Å². The molecule has 0 spiro atoms.